The van der Waals surface area contributed by atoms with Crippen LogP contribution in [-0.4, -0.2) is 18.1 Å². The number of thiazole rings is 1. The highest BCUT2D eigenvalue weighted by molar-refractivity contribution is 7.15. The molecule has 1 aliphatic heterocycles. The van der Waals surface area contributed by atoms with Crippen LogP contribution in [-0.2, 0) is 13.0 Å². The quantitative estimate of drug-likeness (QED) is 0.897. The molecule has 0 radical (unpaired) electrons. The van der Waals surface area contributed by atoms with E-state index in [0.717, 1.165) is 18.9 Å². The van der Waals surface area contributed by atoms with E-state index >= 15 is 0 Å². The second kappa shape index (κ2) is 5.83. The molecule has 0 amide bonds. The van der Waals surface area contributed by atoms with Crippen LogP contribution < -0.4 is 10.6 Å². The molecule has 1 unspecified atom stereocenters. The van der Waals surface area contributed by atoms with Crippen LogP contribution in [0, 0.1) is 5.92 Å². The van der Waals surface area contributed by atoms with Gasteiger partial charge in [0.15, 0.2) is 5.13 Å². The zero-order valence-corrected chi connectivity index (χ0v) is 11.7. The van der Waals surface area contributed by atoms with Gasteiger partial charge in [-0.2, -0.15) is 0 Å². The average molecular weight is 253 g/mol. The first kappa shape index (κ1) is 12.8. The first-order chi connectivity index (χ1) is 8.28. The lowest BCUT2D eigenvalue weighted by molar-refractivity contribution is 0.404. The van der Waals surface area contributed by atoms with E-state index in [9.17, 15) is 0 Å². The van der Waals surface area contributed by atoms with Crippen molar-refractivity contribution in [3.63, 3.8) is 0 Å². The minimum Gasteiger partial charge on any atom is -0.348 e. The summed E-state index contributed by atoms with van der Waals surface area (Å²) < 4.78 is 0. The Hall–Kier alpha value is -0.610. The Bertz CT molecular complexity index is 340. The summed E-state index contributed by atoms with van der Waals surface area (Å²) in [6.45, 7) is 7.42. The zero-order chi connectivity index (χ0) is 12.3. The van der Waals surface area contributed by atoms with Crippen LogP contribution in [0.25, 0.3) is 0 Å². The lowest BCUT2D eigenvalue weighted by atomic mass is 9.96. The van der Waals surface area contributed by atoms with E-state index in [4.69, 9.17) is 10.7 Å². The number of nitrogens with two attached hydrogens (primary N) is 1. The van der Waals surface area contributed by atoms with Crippen LogP contribution >= 0.6 is 11.3 Å². The average Bonchev–Trinajstić information content (AvgIpc) is 2.82. The van der Waals surface area contributed by atoms with Gasteiger partial charge in [0.25, 0.3) is 0 Å². The molecule has 1 aliphatic rings. The number of rotatable bonds is 4. The molecule has 1 fully saturated rings. The second-order valence-corrected chi connectivity index (χ2v) is 5.85. The van der Waals surface area contributed by atoms with Crippen molar-refractivity contribution >= 4 is 16.5 Å². The maximum Gasteiger partial charge on any atom is 0.185 e. The van der Waals surface area contributed by atoms with E-state index < -0.39 is 0 Å². The molecule has 2 heterocycles. The van der Waals surface area contributed by atoms with Gasteiger partial charge in [0.1, 0.15) is 0 Å². The van der Waals surface area contributed by atoms with Crippen LogP contribution in [0.5, 0.6) is 0 Å². The molecule has 1 atom stereocenters. The molecule has 4 heteroatoms. The molecule has 2 N–H and O–H groups in total. The van der Waals surface area contributed by atoms with Crippen LogP contribution in [0.2, 0.25) is 0 Å². The second-order valence-electron chi connectivity index (χ2n) is 4.79. The maximum absolute atomic E-state index is 5.77. The van der Waals surface area contributed by atoms with E-state index in [2.05, 4.69) is 18.7 Å². The van der Waals surface area contributed by atoms with Crippen LogP contribution in [0.4, 0.5) is 5.13 Å². The van der Waals surface area contributed by atoms with Crippen molar-refractivity contribution in [2.75, 3.05) is 18.0 Å². The van der Waals surface area contributed by atoms with Gasteiger partial charge >= 0.3 is 0 Å². The monoisotopic (exact) mass is 253 g/mol. The van der Waals surface area contributed by atoms with Crippen molar-refractivity contribution in [3.8, 4) is 0 Å². The summed E-state index contributed by atoms with van der Waals surface area (Å²) in [4.78, 5) is 8.48. The van der Waals surface area contributed by atoms with Crippen molar-refractivity contribution in [2.24, 2.45) is 11.7 Å². The summed E-state index contributed by atoms with van der Waals surface area (Å²) in [6.07, 6.45) is 4.96. The molecule has 0 saturated carbocycles. The molecule has 0 spiro atoms. The topological polar surface area (TPSA) is 42.2 Å². The molecule has 1 aromatic heterocycles. The fourth-order valence-corrected chi connectivity index (χ4v) is 3.57. The van der Waals surface area contributed by atoms with Gasteiger partial charge < -0.3 is 10.6 Å². The number of anilines is 1. The Morgan fingerprint density at radius 1 is 1.47 bits per heavy atom. The Balaban J connectivity index is 2.13. The summed E-state index contributed by atoms with van der Waals surface area (Å²) in [5.74, 6) is 0.846. The molecule has 1 aromatic rings. The number of aromatic nitrogens is 1. The SMILES string of the molecule is CCc1nc(N2CCCC(CC)C2)sc1CN. The fourth-order valence-electron chi connectivity index (χ4n) is 2.51. The lowest BCUT2D eigenvalue weighted by Crippen LogP contribution is -2.35. The van der Waals surface area contributed by atoms with Gasteiger partial charge in [0, 0.05) is 24.5 Å². The van der Waals surface area contributed by atoms with Gasteiger partial charge in [-0.15, -0.1) is 11.3 Å². The van der Waals surface area contributed by atoms with Gasteiger partial charge in [-0.25, -0.2) is 4.98 Å². The highest BCUT2D eigenvalue weighted by Crippen LogP contribution is 2.30. The summed E-state index contributed by atoms with van der Waals surface area (Å²) in [5, 5.41) is 1.19. The van der Waals surface area contributed by atoms with Gasteiger partial charge in [0.05, 0.1) is 5.69 Å². The molecular formula is C13H23N3S. The third-order valence-corrected chi connectivity index (χ3v) is 4.83. The van der Waals surface area contributed by atoms with Crippen molar-refractivity contribution in [1.82, 2.24) is 4.98 Å². The number of hydrogen-bond donors (Lipinski definition) is 1. The van der Waals surface area contributed by atoms with Crippen LogP contribution in [0.1, 0.15) is 43.7 Å². The smallest absolute Gasteiger partial charge is 0.185 e. The first-order valence-electron chi connectivity index (χ1n) is 6.72. The first-order valence-corrected chi connectivity index (χ1v) is 7.53. The van der Waals surface area contributed by atoms with Crippen LogP contribution in [0.15, 0.2) is 0 Å². The molecule has 96 valence electrons. The predicted octanol–water partition coefficient (Wildman–Crippen LogP) is 2.79. The minimum absolute atomic E-state index is 0.631. The normalized spacial score (nSPS) is 20.9. The summed E-state index contributed by atoms with van der Waals surface area (Å²) >= 11 is 1.79. The van der Waals surface area contributed by atoms with Gasteiger partial charge in [0.2, 0.25) is 0 Å². The maximum atomic E-state index is 5.77. The van der Waals surface area contributed by atoms with Crippen molar-refractivity contribution in [3.05, 3.63) is 10.6 Å². The Labute approximate surface area is 108 Å². The standard InChI is InChI=1S/C13H23N3S/c1-3-10-6-5-7-16(9-10)13-15-11(4-2)12(8-14)17-13/h10H,3-9,14H2,1-2H3. The largest absolute Gasteiger partial charge is 0.348 e. The summed E-state index contributed by atoms with van der Waals surface area (Å²) in [5.41, 5.74) is 6.97. The molecule has 0 aliphatic carbocycles. The Kier molecular flexibility index (Phi) is 4.40. The predicted molar refractivity (Wildman–Crippen MR) is 74.6 cm³/mol. The number of hydrogen-bond acceptors (Lipinski definition) is 4. The lowest BCUT2D eigenvalue weighted by Gasteiger charge is -2.31. The molecule has 3 nitrogen and oxygen atoms in total. The number of nitrogens with zero attached hydrogens (tertiary/aromatic N) is 2. The van der Waals surface area contributed by atoms with Gasteiger partial charge in [-0.3, -0.25) is 0 Å². The molecular weight excluding hydrogens is 230 g/mol. The Morgan fingerprint density at radius 3 is 2.88 bits per heavy atom. The van der Waals surface area contributed by atoms with E-state index in [0.29, 0.717) is 6.54 Å². The van der Waals surface area contributed by atoms with Gasteiger partial charge in [-0.05, 0) is 25.2 Å². The third-order valence-electron chi connectivity index (χ3n) is 3.65. The highest BCUT2D eigenvalue weighted by Gasteiger charge is 2.21. The third kappa shape index (κ3) is 2.80. The fraction of sp³-hybridized carbons (Fsp3) is 0.769. The molecule has 2 rings (SSSR count). The minimum atomic E-state index is 0.631. The Morgan fingerprint density at radius 2 is 2.29 bits per heavy atom. The molecule has 1 saturated heterocycles. The summed E-state index contributed by atoms with van der Waals surface area (Å²) in [6, 6.07) is 0. The van der Waals surface area contributed by atoms with Crippen molar-refractivity contribution < 1.29 is 0 Å². The van der Waals surface area contributed by atoms with Gasteiger partial charge in [-0.1, -0.05) is 20.3 Å². The van der Waals surface area contributed by atoms with E-state index in [1.807, 2.05) is 0 Å². The van der Waals surface area contributed by atoms with E-state index in [-0.39, 0.29) is 0 Å². The molecule has 0 bridgehead atoms. The molecule has 0 aromatic carbocycles. The van der Waals surface area contributed by atoms with E-state index in [1.54, 1.807) is 11.3 Å². The van der Waals surface area contributed by atoms with Crippen LogP contribution in [0.3, 0.4) is 0 Å². The zero-order valence-electron chi connectivity index (χ0n) is 10.9. The highest BCUT2D eigenvalue weighted by atomic mass is 32.1. The van der Waals surface area contributed by atoms with E-state index in [1.165, 1.54) is 41.5 Å². The van der Waals surface area contributed by atoms with Crippen molar-refractivity contribution in [2.45, 2.75) is 46.1 Å². The van der Waals surface area contributed by atoms with Crippen molar-refractivity contribution in [1.29, 1.82) is 0 Å². The number of piperidine rings is 1. The molecule has 17 heavy (non-hydrogen) atoms. The number of aryl methyl sites for hydroxylation is 1. The summed E-state index contributed by atoms with van der Waals surface area (Å²) in [7, 11) is 0.